The van der Waals surface area contributed by atoms with Gasteiger partial charge in [-0.25, -0.2) is 4.98 Å². The fourth-order valence-electron chi connectivity index (χ4n) is 3.13. The average molecular weight is 373 g/mol. The number of hydrogen-bond donors (Lipinski definition) is 1. The summed E-state index contributed by atoms with van der Waals surface area (Å²) in [6.45, 7) is -0.226. The molecule has 0 radical (unpaired) electrons. The van der Waals surface area contributed by atoms with Crippen LogP contribution >= 0.6 is 0 Å². The maximum absolute atomic E-state index is 13.2. The normalized spacial score (nSPS) is 12.0. The first-order chi connectivity index (χ1) is 12.9. The molecule has 0 aliphatic rings. The Balaban J connectivity index is 1.84. The van der Waals surface area contributed by atoms with E-state index in [1.165, 1.54) is 36.2 Å². The second-order valence-corrected chi connectivity index (χ2v) is 6.09. The average Bonchev–Trinajstić information content (AvgIpc) is 3.02. The lowest BCUT2D eigenvalue weighted by Crippen LogP contribution is -2.22. The lowest BCUT2D eigenvalue weighted by Gasteiger charge is -2.13. The van der Waals surface area contributed by atoms with Crippen LogP contribution in [0.5, 0.6) is 5.75 Å². The van der Waals surface area contributed by atoms with Crippen molar-refractivity contribution in [1.82, 2.24) is 14.5 Å². The van der Waals surface area contributed by atoms with Gasteiger partial charge in [0.15, 0.2) is 0 Å². The van der Waals surface area contributed by atoms with E-state index in [1.807, 2.05) is 0 Å². The van der Waals surface area contributed by atoms with Gasteiger partial charge in [-0.05, 0) is 23.8 Å². The van der Waals surface area contributed by atoms with Crippen LogP contribution in [0.25, 0.3) is 21.9 Å². The summed E-state index contributed by atoms with van der Waals surface area (Å²) in [5.74, 6) is 0.619. The van der Waals surface area contributed by atoms with Crippen LogP contribution < -0.4 is 10.3 Å². The van der Waals surface area contributed by atoms with Crippen molar-refractivity contribution >= 4 is 21.9 Å². The third kappa shape index (κ3) is 2.92. The molecular weight excluding hydrogens is 359 g/mol. The molecule has 0 unspecified atom stereocenters. The van der Waals surface area contributed by atoms with E-state index in [2.05, 4.69) is 9.97 Å². The number of nitrogens with one attached hydrogen (secondary N) is 1. The maximum Gasteiger partial charge on any atom is 0.416 e. The van der Waals surface area contributed by atoms with Crippen molar-refractivity contribution in [2.24, 2.45) is 0 Å². The lowest BCUT2D eigenvalue weighted by molar-refractivity contribution is -0.138. The van der Waals surface area contributed by atoms with Crippen molar-refractivity contribution in [1.29, 1.82) is 0 Å². The summed E-state index contributed by atoms with van der Waals surface area (Å²) in [4.78, 5) is 20.1. The van der Waals surface area contributed by atoms with Gasteiger partial charge < -0.3 is 9.72 Å². The number of rotatable bonds is 3. The maximum atomic E-state index is 13.2. The number of aromatic amines is 1. The van der Waals surface area contributed by atoms with E-state index >= 15 is 0 Å². The Morgan fingerprint density at radius 2 is 1.96 bits per heavy atom. The predicted molar refractivity (Wildman–Crippen MR) is 95.0 cm³/mol. The Hall–Kier alpha value is -3.29. The number of H-pyrrole nitrogens is 1. The molecule has 0 spiro atoms. The molecule has 2 aromatic carbocycles. The number of alkyl halides is 3. The van der Waals surface area contributed by atoms with Crippen LogP contribution in [0, 0.1) is 0 Å². The minimum atomic E-state index is -4.49. The zero-order valence-electron chi connectivity index (χ0n) is 14.2. The van der Waals surface area contributed by atoms with Gasteiger partial charge in [-0.15, -0.1) is 0 Å². The summed E-state index contributed by atoms with van der Waals surface area (Å²) in [5, 5.41) is 0.741. The molecule has 0 bridgehead atoms. The number of aromatic nitrogens is 3. The first-order valence-corrected chi connectivity index (χ1v) is 8.08. The lowest BCUT2D eigenvalue weighted by atomic mass is 10.1. The van der Waals surface area contributed by atoms with Gasteiger partial charge in [-0.2, -0.15) is 13.2 Å². The van der Waals surface area contributed by atoms with Gasteiger partial charge in [0.25, 0.3) is 5.56 Å². The Morgan fingerprint density at radius 1 is 1.19 bits per heavy atom. The molecule has 2 aromatic heterocycles. The van der Waals surface area contributed by atoms with Gasteiger partial charge in [0, 0.05) is 11.5 Å². The summed E-state index contributed by atoms with van der Waals surface area (Å²) >= 11 is 0. The monoisotopic (exact) mass is 373 g/mol. The summed E-state index contributed by atoms with van der Waals surface area (Å²) < 4.78 is 45.9. The van der Waals surface area contributed by atoms with E-state index < -0.39 is 17.3 Å². The van der Waals surface area contributed by atoms with Crippen LogP contribution in [-0.2, 0) is 12.7 Å². The van der Waals surface area contributed by atoms with Crippen molar-refractivity contribution in [2.45, 2.75) is 12.7 Å². The summed E-state index contributed by atoms with van der Waals surface area (Å²) in [6, 6.07) is 10.5. The Kier molecular flexibility index (Phi) is 3.91. The molecule has 4 rings (SSSR count). The SMILES string of the molecule is COc1ccc2c(c1)[nH]c1c(=O)n(Cc3ccccc3C(F)(F)F)cnc12. The fraction of sp³-hybridized carbons (Fsp3) is 0.158. The molecule has 0 saturated carbocycles. The zero-order chi connectivity index (χ0) is 19.2. The molecule has 8 heteroatoms. The number of halogens is 3. The topological polar surface area (TPSA) is 59.9 Å². The third-order valence-corrected chi connectivity index (χ3v) is 4.44. The first kappa shape index (κ1) is 17.1. The van der Waals surface area contributed by atoms with Gasteiger partial charge in [-0.3, -0.25) is 9.36 Å². The molecule has 0 saturated heterocycles. The van der Waals surface area contributed by atoms with E-state index in [0.717, 1.165) is 11.5 Å². The van der Waals surface area contributed by atoms with E-state index in [1.54, 1.807) is 18.2 Å². The van der Waals surface area contributed by atoms with Gasteiger partial charge in [0.05, 0.1) is 31.1 Å². The standard InChI is InChI=1S/C19H14F3N3O2/c1-27-12-6-7-13-15(8-12)24-17-16(13)23-10-25(18(17)26)9-11-4-2-3-5-14(11)19(20,21)22/h2-8,10,24H,9H2,1H3. The van der Waals surface area contributed by atoms with Crippen molar-refractivity contribution in [3.05, 3.63) is 70.3 Å². The highest BCUT2D eigenvalue weighted by Gasteiger charge is 2.33. The number of nitrogens with zero attached hydrogens (tertiary/aromatic N) is 2. The highest BCUT2D eigenvalue weighted by Crippen LogP contribution is 2.32. The van der Waals surface area contributed by atoms with E-state index in [9.17, 15) is 18.0 Å². The minimum absolute atomic E-state index is 0.00558. The molecule has 27 heavy (non-hydrogen) atoms. The van der Waals surface area contributed by atoms with Crippen LogP contribution in [-0.4, -0.2) is 21.6 Å². The molecule has 1 N–H and O–H groups in total. The number of methoxy groups -OCH3 is 1. The van der Waals surface area contributed by atoms with Gasteiger partial charge in [-0.1, -0.05) is 18.2 Å². The van der Waals surface area contributed by atoms with E-state index in [0.29, 0.717) is 16.8 Å². The third-order valence-electron chi connectivity index (χ3n) is 4.44. The quantitative estimate of drug-likeness (QED) is 0.592. The van der Waals surface area contributed by atoms with E-state index in [4.69, 9.17) is 4.74 Å². The van der Waals surface area contributed by atoms with Crippen molar-refractivity contribution in [3.8, 4) is 5.75 Å². The summed E-state index contributed by atoms with van der Waals surface area (Å²) in [7, 11) is 1.53. The zero-order valence-corrected chi connectivity index (χ0v) is 14.2. The van der Waals surface area contributed by atoms with Gasteiger partial charge in [0.1, 0.15) is 16.8 Å². The number of fused-ring (bicyclic) bond motifs is 3. The largest absolute Gasteiger partial charge is 0.497 e. The predicted octanol–water partition coefficient (Wildman–Crippen LogP) is 3.95. The molecule has 0 fully saturated rings. The highest BCUT2D eigenvalue weighted by molar-refractivity contribution is 6.04. The first-order valence-electron chi connectivity index (χ1n) is 8.08. The number of ether oxygens (including phenoxy) is 1. The molecule has 5 nitrogen and oxygen atoms in total. The smallest absolute Gasteiger partial charge is 0.416 e. The van der Waals surface area contributed by atoms with Crippen LogP contribution in [0.3, 0.4) is 0 Å². The molecule has 138 valence electrons. The molecule has 4 aromatic rings. The number of hydrogen-bond acceptors (Lipinski definition) is 3. The van der Waals surface area contributed by atoms with Crippen LogP contribution in [0.15, 0.2) is 53.6 Å². The molecular formula is C19H14F3N3O2. The molecule has 0 aliphatic carbocycles. The Bertz CT molecular complexity index is 1210. The summed E-state index contributed by atoms with van der Waals surface area (Å²) in [5.41, 5.74) is 0.183. The van der Waals surface area contributed by atoms with Crippen LogP contribution in [0.4, 0.5) is 13.2 Å². The minimum Gasteiger partial charge on any atom is -0.497 e. The van der Waals surface area contributed by atoms with Crippen molar-refractivity contribution < 1.29 is 17.9 Å². The van der Waals surface area contributed by atoms with Crippen LogP contribution in [0.2, 0.25) is 0 Å². The second kappa shape index (κ2) is 6.15. The van der Waals surface area contributed by atoms with Gasteiger partial charge >= 0.3 is 6.18 Å². The molecule has 0 aliphatic heterocycles. The fourth-order valence-corrected chi connectivity index (χ4v) is 3.13. The van der Waals surface area contributed by atoms with Crippen LogP contribution in [0.1, 0.15) is 11.1 Å². The Labute approximate surface area is 151 Å². The molecule has 2 heterocycles. The number of benzene rings is 2. The second-order valence-electron chi connectivity index (χ2n) is 6.09. The molecule has 0 atom stereocenters. The van der Waals surface area contributed by atoms with Crippen molar-refractivity contribution in [3.63, 3.8) is 0 Å². The summed E-state index contributed by atoms with van der Waals surface area (Å²) in [6.07, 6.45) is -3.22. The molecule has 0 amide bonds. The Morgan fingerprint density at radius 3 is 2.70 bits per heavy atom. The highest BCUT2D eigenvalue weighted by atomic mass is 19.4. The van der Waals surface area contributed by atoms with Crippen molar-refractivity contribution in [2.75, 3.05) is 7.11 Å². The van der Waals surface area contributed by atoms with Gasteiger partial charge in [0.2, 0.25) is 0 Å². The van der Waals surface area contributed by atoms with E-state index in [-0.39, 0.29) is 17.6 Å².